The number of tetrazole rings is 1. The standard InChI is InChI=1S/C15H13ClFN5O2S/c1-10-7-14(12(16)8-13(10)17)25(23,24)18-9-15-19-20-21-22(15)11-5-3-2-4-6-11/h2-8,18H,9H2,1H3. The van der Waals surface area contributed by atoms with Crippen molar-refractivity contribution in [2.75, 3.05) is 0 Å². The number of rotatable bonds is 5. The highest BCUT2D eigenvalue weighted by Gasteiger charge is 2.21. The molecule has 0 saturated heterocycles. The first-order valence-corrected chi connectivity index (χ1v) is 9.02. The number of hydrogen-bond donors (Lipinski definition) is 1. The lowest BCUT2D eigenvalue weighted by Crippen LogP contribution is -2.25. The van der Waals surface area contributed by atoms with Crippen molar-refractivity contribution in [2.24, 2.45) is 0 Å². The summed E-state index contributed by atoms with van der Waals surface area (Å²) in [5.74, 6) is -0.276. The molecule has 0 aliphatic heterocycles. The molecule has 1 heterocycles. The number of para-hydroxylation sites is 1. The number of nitrogens with one attached hydrogen (secondary N) is 1. The molecule has 1 aromatic heterocycles. The third-order valence-corrected chi connectivity index (χ3v) is 5.32. The summed E-state index contributed by atoms with van der Waals surface area (Å²) in [5.41, 5.74) is 0.872. The van der Waals surface area contributed by atoms with E-state index in [0.717, 1.165) is 6.07 Å². The van der Waals surface area contributed by atoms with Crippen LogP contribution < -0.4 is 4.72 Å². The average Bonchev–Trinajstić information content (AvgIpc) is 3.06. The molecule has 0 aliphatic rings. The first-order chi connectivity index (χ1) is 11.9. The Hall–Kier alpha value is -2.36. The fraction of sp³-hybridized carbons (Fsp3) is 0.133. The number of halogens is 2. The maximum absolute atomic E-state index is 13.5. The van der Waals surface area contributed by atoms with Crippen LogP contribution in [0.1, 0.15) is 11.4 Å². The third kappa shape index (κ3) is 3.68. The van der Waals surface area contributed by atoms with Crippen molar-refractivity contribution < 1.29 is 12.8 Å². The minimum absolute atomic E-state index is 0.156. The molecule has 0 saturated carbocycles. The number of aryl methyl sites for hydroxylation is 1. The second-order valence-corrected chi connectivity index (χ2v) is 7.34. The average molecular weight is 382 g/mol. The number of hydrogen-bond acceptors (Lipinski definition) is 5. The smallest absolute Gasteiger partial charge is 0.207 e. The molecule has 130 valence electrons. The van der Waals surface area contributed by atoms with Crippen LogP contribution >= 0.6 is 11.6 Å². The van der Waals surface area contributed by atoms with E-state index in [9.17, 15) is 12.8 Å². The molecule has 0 spiro atoms. The Balaban J connectivity index is 1.85. The summed E-state index contributed by atoms with van der Waals surface area (Å²) in [6, 6.07) is 11.2. The zero-order valence-corrected chi connectivity index (χ0v) is 14.6. The minimum atomic E-state index is -3.96. The summed E-state index contributed by atoms with van der Waals surface area (Å²) < 4.78 is 42.2. The normalized spacial score (nSPS) is 11.6. The fourth-order valence-corrected chi connectivity index (χ4v) is 3.74. The lowest BCUT2D eigenvalue weighted by atomic mass is 10.2. The maximum atomic E-state index is 13.5. The van der Waals surface area contributed by atoms with Crippen molar-refractivity contribution in [3.8, 4) is 5.69 Å². The molecule has 3 aromatic rings. The van der Waals surface area contributed by atoms with Crippen molar-refractivity contribution in [3.05, 3.63) is 64.7 Å². The first kappa shape index (κ1) is 17.5. The largest absolute Gasteiger partial charge is 0.242 e. The van der Waals surface area contributed by atoms with Crippen molar-refractivity contribution in [3.63, 3.8) is 0 Å². The zero-order valence-electron chi connectivity index (χ0n) is 13.0. The maximum Gasteiger partial charge on any atom is 0.242 e. The molecular weight excluding hydrogens is 369 g/mol. The van der Waals surface area contributed by atoms with Crippen LogP contribution in [0.25, 0.3) is 5.69 Å². The van der Waals surface area contributed by atoms with Gasteiger partial charge < -0.3 is 0 Å². The van der Waals surface area contributed by atoms with E-state index >= 15 is 0 Å². The predicted octanol–water partition coefficient (Wildman–Crippen LogP) is 2.24. The summed E-state index contributed by atoms with van der Waals surface area (Å²) in [7, 11) is -3.96. The van der Waals surface area contributed by atoms with Gasteiger partial charge in [-0.1, -0.05) is 29.8 Å². The van der Waals surface area contributed by atoms with Gasteiger partial charge in [0.1, 0.15) is 10.7 Å². The Bertz CT molecular complexity index is 1010. The Morgan fingerprint density at radius 1 is 1.24 bits per heavy atom. The number of sulfonamides is 1. The monoisotopic (exact) mass is 381 g/mol. The van der Waals surface area contributed by atoms with Crippen LogP contribution in [0.4, 0.5) is 4.39 Å². The first-order valence-electron chi connectivity index (χ1n) is 7.16. The van der Waals surface area contributed by atoms with Crippen molar-refractivity contribution >= 4 is 21.6 Å². The number of aromatic nitrogens is 4. The van der Waals surface area contributed by atoms with Gasteiger partial charge in [0, 0.05) is 0 Å². The minimum Gasteiger partial charge on any atom is -0.207 e. The molecule has 10 heteroatoms. The van der Waals surface area contributed by atoms with Gasteiger partial charge in [-0.25, -0.2) is 17.5 Å². The highest BCUT2D eigenvalue weighted by molar-refractivity contribution is 7.89. The quantitative estimate of drug-likeness (QED) is 0.732. The third-order valence-electron chi connectivity index (χ3n) is 3.46. The molecule has 0 radical (unpaired) electrons. The molecule has 2 aromatic carbocycles. The number of benzene rings is 2. The summed E-state index contributed by atoms with van der Waals surface area (Å²) >= 11 is 5.87. The van der Waals surface area contributed by atoms with Gasteiger partial charge in [-0.05, 0) is 47.2 Å². The van der Waals surface area contributed by atoms with E-state index in [-0.39, 0.29) is 22.0 Å². The molecule has 0 aliphatic carbocycles. The molecular formula is C15H13ClFN5O2S. The molecule has 1 N–H and O–H groups in total. The van der Waals surface area contributed by atoms with Crippen molar-refractivity contribution in [1.29, 1.82) is 0 Å². The lowest BCUT2D eigenvalue weighted by Gasteiger charge is -2.10. The Kier molecular flexibility index (Phi) is 4.80. The second kappa shape index (κ2) is 6.87. The van der Waals surface area contributed by atoms with Crippen molar-refractivity contribution in [2.45, 2.75) is 18.4 Å². The second-order valence-electron chi connectivity index (χ2n) is 5.20. The van der Waals surface area contributed by atoms with Crippen LogP contribution in [0.15, 0.2) is 47.4 Å². The highest BCUT2D eigenvalue weighted by atomic mass is 35.5. The Morgan fingerprint density at radius 2 is 1.96 bits per heavy atom. The van der Waals surface area contributed by atoms with E-state index in [0.29, 0.717) is 11.5 Å². The molecule has 0 amide bonds. The van der Waals surface area contributed by atoms with Crippen LogP contribution in [0.2, 0.25) is 5.02 Å². The molecule has 0 atom stereocenters. The fourth-order valence-electron chi connectivity index (χ4n) is 2.16. The zero-order chi connectivity index (χ0) is 18.0. The molecule has 0 unspecified atom stereocenters. The van der Waals surface area contributed by atoms with Gasteiger partial charge in [-0.2, -0.15) is 4.68 Å². The van der Waals surface area contributed by atoms with Crippen LogP contribution in [-0.4, -0.2) is 28.6 Å². The van der Waals surface area contributed by atoms with Gasteiger partial charge in [-0.15, -0.1) is 5.10 Å². The summed E-state index contributed by atoms with van der Waals surface area (Å²) in [6.45, 7) is 1.30. The predicted molar refractivity (Wildman–Crippen MR) is 89.3 cm³/mol. The van der Waals surface area contributed by atoms with E-state index in [2.05, 4.69) is 20.2 Å². The van der Waals surface area contributed by atoms with Gasteiger partial charge in [0.25, 0.3) is 0 Å². The lowest BCUT2D eigenvalue weighted by molar-refractivity contribution is 0.576. The van der Waals surface area contributed by atoms with Crippen LogP contribution in [0.3, 0.4) is 0 Å². The van der Waals surface area contributed by atoms with E-state index in [1.54, 1.807) is 12.1 Å². The summed E-state index contributed by atoms with van der Waals surface area (Å²) in [6.07, 6.45) is 0. The van der Waals surface area contributed by atoms with E-state index < -0.39 is 15.8 Å². The van der Waals surface area contributed by atoms with E-state index in [1.807, 2.05) is 18.2 Å². The van der Waals surface area contributed by atoms with Gasteiger partial charge in [0.05, 0.1) is 17.3 Å². The van der Waals surface area contributed by atoms with Crippen LogP contribution in [0, 0.1) is 12.7 Å². The van der Waals surface area contributed by atoms with E-state index in [1.165, 1.54) is 17.7 Å². The molecule has 25 heavy (non-hydrogen) atoms. The summed E-state index contributed by atoms with van der Waals surface area (Å²) in [4.78, 5) is -0.202. The number of nitrogens with zero attached hydrogens (tertiary/aromatic N) is 4. The van der Waals surface area contributed by atoms with Crippen LogP contribution in [0.5, 0.6) is 0 Å². The highest BCUT2D eigenvalue weighted by Crippen LogP contribution is 2.24. The molecule has 0 bridgehead atoms. The van der Waals surface area contributed by atoms with Gasteiger partial charge >= 0.3 is 0 Å². The molecule has 7 nitrogen and oxygen atoms in total. The van der Waals surface area contributed by atoms with E-state index in [4.69, 9.17) is 11.6 Å². The van der Waals surface area contributed by atoms with Crippen LogP contribution in [-0.2, 0) is 16.6 Å². The van der Waals surface area contributed by atoms with Gasteiger partial charge in [-0.3, -0.25) is 0 Å². The van der Waals surface area contributed by atoms with Crippen molar-refractivity contribution in [1.82, 2.24) is 24.9 Å². The van der Waals surface area contributed by atoms with Gasteiger partial charge in [0.15, 0.2) is 5.82 Å². The SMILES string of the molecule is Cc1cc(S(=O)(=O)NCc2nnnn2-c2ccccc2)c(Cl)cc1F. The summed E-state index contributed by atoms with van der Waals surface area (Å²) in [5, 5.41) is 11.0. The topological polar surface area (TPSA) is 89.8 Å². The Labute approximate surface area is 148 Å². The Morgan fingerprint density at radius 3 is 2.68 bits per heavy atom. The molecule has 3 rings (SSSR count). The molecule has 0 fully saturated rings. The van der Waals surface area contributed by atoms with Gasteiger partial charge in [0.2, 0.25) is 10.0 Å².